The van der Waals surface area contributed by atoms with Crippen molar-refractivity contribution in [3.63, 3.8) is 0 Å². The third-order valence-electron chi connectivity index (χ3n) is 4.05. The van der Waals surface area contributed by atoms with Crippen LogP contribution in [-0.2, 0) is 6.54 Å². The monoisotopic (exact) mass is 452 g/mol. The van der Waals surface area contributed by atoms with Gasteiger partial charge in [-0.2, -0.15) is 0 Å². The number of fused-ring (bicyclic) bond motifs is 3. The first kappa shape index (κ1) is 17.9. The van der Waals surface area contributed by atoms with E-state index >= 15 is 0 Å². The third kappa shape index (κ3) is 3.85. The molecule has 0 spiro atoms. The van der Waals surface area contributed by atoms with Gasteiger partial charge in [0.2, 0.25) is 0 Å². The van der Waals surface area contributed by atoms with E-state index in [9.17, 15) is 5.11 Å². The molecule has 0 aliphatic rings. The summed E-state index contributed by atoms with van der Waals surface area (Å²) >= 11 is 7.13. The molecule has 0 aliphatic carbocycles. The number of aliphatic hydroxyl groups excluding tert-OH is 1. The summed E-state index contributed by atoms with van der Waals surface area (Å²) in [4.78, 5) is 0. The first-order chi connectivity index (χ1) is 11.2. The van der Waals surface area contributed by atoms with Gasteiger partial charge in [-0.05, 0) is 57.2 Å². The van der Waals surface area contributed by atoms with Gasteiger partial charge in [-0.15, -0.1) is 0 Å². The Morgan fingerprint density at radius 1 is 1.00 bits per heavy atom. The predicted octanol–water partition coefficient (Wildman–Crippen LogP) is 5.07. The summed E-state index contributed by atoms with van der Waals surface area (Å²) in [6.07, 6.45) is -0.449. The maximum absolute atomic E-state index is 10.5. The van der Waals surface area contributed by atoms with Gasteiger partial charge in [0.1, 0.15) is 0 Å². The van der Waals surface area contributed by atoms with Gasteiger partial charge in [0, 0.05) is 42.8 Å². The molecule has 1 atom stereocenters. The van der Waals surface area contributed by atoms with Crippen molar-refractivity contribution in [2.75, 3.05) is 6.54 Å². The summed E-state index contributed by atoms with van der Waals surface area (Å²) in [6, 6.07) is 12.6. The van der Waals surface area contributed by atoms with Crippen LogP contribution in [0.5, 0.6) is 0 Å². The van der Waals surface area contributed by atoms with Crippen molar-refractivity contribution >= 4 is 53.7 Å². The zero-order valence-corrected chi connectivity index (χ0v) is 17.3. The van der Waals surface area contributed by atoms with Crippen LogP contribution in [0.2, 0.25) is 0 Å². The van der Waals surface area contributed by atoms with Crippen molar-refractivity contribution in [1.82, 2.24) is 9.88 Å². The summed E-state index contributed by atoms with van der Waals surface area (Å²) in [6.45, 7) is 7.45. The Morgan fingerprint density at radius 3 is 1.96 bits per heavy atom. The van der Waals surface area contributed by atoms with Gasteiger partial charge < -0.3 is 15.0 Å². The average Bonchev–Trinajstić information content (AvgIpc) is 2.78. The fraction of sp³-hybridized carbons (Fsp3) is 0.368. The maximum Gasteiger partial charge on any atom is 0.0843 e. The molecule has 5 heteroatoms. The number of aromatic nitrogens is 1. The maximum atomic E-state index is 10.5. The molecule has 0 aliphatic heterocycles. The number of β-amino-alcohol motifs (C(OH)–C–C–N with tert-alkyl or cyclic N) is 1. The van der Waals surface area contributed by atoms with Crippen LogP contribution in [0.25, 0.3) is 21.8 Å². The molecule has 3 aromatic rings. The van der Waals surface area contributed by atoms with E-state index in [2.05, 4.69) is 86.8 Å². The molecule has 2 aromatic carbocycles. The highest BCUT2D eigenvalue weighted by molar-refractivity contribution is 9.10. The molecule has 3 rings (SSSR count). The van der Waals surface area contributed by atoms with Crippen molar-refractivity contribution < 1.29 is 5.11 Å². The number of rotatable bonds is 4. The molecule has 0 saturated heterocycles. The Morgan fingerprint density at radius 2 is 1.50 bits per heavy atom. The van der Waals surface area contributed by atoms with E-state index in [4.69, 9.17) is 0 Å². The van der Waals surface area contributed by atoms with E-state index in [0.717, 1.165) is 20.0 Å². The lowest BCUT2D eigenvalue weighted by atomic mass is 10.1. The molecule has 0 fully saturated rings. The SMILES string of the molecule is CC(C)(C)NC[C@@H](O)Cn1c2ccc(Br)cc2c2cc(Br)ccc21. The van der Waals surface area contributed by atoms with Gasteiger partial charge in [-0.3, -0.25) is 0 Å². The predicted molar refractivity (Wildman–Crippen MR) is 109 cm³/mol. The first-order valence-corrected chi connectivity index (χ1v) is 9.63. The summed E-state index contributed by atoms with van der Waals surface area (Å²) in [7, 11) is 0. The van der Waals surface area contributed by atoms with Crippen molar-refractivity contribution in [3.8, 4) is 0 Å². The van der Waals surface area contributed by atoms with E-state index in [1.165, 1.54) is 10.8 Å². The summed E-state index contributed by atoms with van der Waals surface area (Å²) in [5, 5.41) is 16.3. The minimum Gasteiger partial charge on any atom is -0.390 e. The number of halogens is 2. The Hall–Kier alpha value is -0.880. The van der Waals surface area contributed by atoms with Crippen LogP contribution >= 0.6 is 31.9 Å². The fourth-order valence-corrected chi connectivity index (χ4v) is 3.67. The molecular weight excluding hydrogens is 432 g/mol. The summed E-state index contributed by atoms with van der Waals surface area (Å²) in [5.74, 6) is 0. The van der Waals surface area contributed by atoms with Crippen LogP contribution in [0.3, 0.4) is 0 Å². The number of nitrogens with zero attached hydrogens (tertiary/aromatic N) is 1. The van der Waals surface area contributed by atoms with Crippen LogP contribution in [0, 0.1) is 0 Å². The second-order valence-corrected chi connectivity index (χ2v) is 9.05. The number of benzene rings is 2. The van der Waals surface area contributed by atoms with E-state index in [0.29, 0.717) is 13.1 Å². The second-order valence-electron chi connectivity index (χ2n) is 7.22. The molecule has 0 saturated carbocycles. The molecular formula is C19H22Br2N2O. The molecule has 0 radical (unpaired) electrons. The lowest BCUT2D eigenvalue weighted by Crippen LogP contribution is -2.42. The number of nitrogens with one attached hydrogen (secondary N) is 1. The van der Waals surface area contributed by atoms with Gasteiger partial charge in [-0.25, -0.2) is 0 Å². The topological polar surface area (TPSA) is 37.2 Å². The molecule has 128 valence electrons. The normalized spacial score (nSPS) is 13.8. The Kier molecular flexibility index (Phi) is 5.07. The van der Waals surface area contributed by atoms with Crippen molar-refractivity contribution in [2.45, 2.75) is 39.0 Å². The van der Waals surface area contributed by atoms with Crippen molar-refractivity contribution in [1.29, 1.82) is 0 Å². The number of aliphatic hydroxyl groups is 1. The molecule has 0 unspecified atom stereocenters. The summed E-state index contributed by atoms with van der Waals surface area (Å²) < 4.78 is 4.33. The standard InChI is InChI=1S/C19H22Br2N2O/c1-19(2,3)22-10-14(24)11-23-17-6-4-12(20)8-15(17)16-9-13(21)5-7-18(16)23/h4-9,14,22,24H,10-11H2,1-3H3/t14-/m1/s1. The molecule has 0 amide bonds. The van der Waals surface area contributed by atoms with Crippen LogP contribution < -0.4 is 5.32 Å². The lowest BCUT2D eigenvalue weighted by Gasteiger charge is -2.23. The lowest BCUT2D eigenvalue weighted by molar-refractivity contribution is 0.144. The van der Waals surface area contributed by atoms with Gasteiger partial charge in [0.15, 0.2) is 0 Å². The smallest absolute Gasteiger partial charge is 0.0843 e. The van der Waals surface area contributed by atoms with Crippen molar-refractivity contribution in [3.05, 3.63) is 45.3 Å². The summed E-state index contributed by atoms with van der Waals surface area (Å²) in [5.41, 5.74) is 2.28. The third-order valence-corrected chi connectivity index (χ3v) is 5.04. The molecule has 1 aromatic heterocycles. The highest BCUT2D eigenvalue weighted by Gasteiger charge is 2.16. The van der Waals surface area contributed by atoms with Crippen LogP contribution in [0.15, 0.2) is 45.3 Å². The number of hydrogen-bond donors (Lipinski definition) is 2. The quantitative estimate of drug-likeness (QED) is 0.578. The molecule has 0 bridgehead atoms. The first-order valence-electron chi connectivity index (χ1n) is 8.05. The van der Waals surface area contributed by atoms with Crippen LogP contribution in [0.1, 0.15) is 20.8 Å². The fourth-order valence-electron chi connectivity index (χ4n) is 2.94. The van der Waals surface area contributed by atoms with E-state index in [1.54, 1.807) is 0 Å². The van der Waals surface area contributed by atoms with E-state index in [-0.39, 0.29) is 5.54 Å². The minimum absolute atomic E-state index is 0.00245. The van der Waals surface area contributed by atoms with Gasteiger partial charge >= 0.3 is 0 Å². The van der Waals surface area contributed by atoms with Gasteiger partial charge in [-0.1, -0.05) is 31.9 Å². The average molecular weight is 454 g/mol. The molecule has 3 nitrogen and oxygen atoms in total. The zero-order valence-electron chi connectivity index (χ0n) is 14.1. The van der Waals surface area contributed by atoms with Gasteiger partial charge in [0.25, 0.3) is 0 Å². The Labute approximate surface area is 159 Å². The van der Waals surface area contributed by atoms with Crippen LogP contribution in [-0.4, -0.2) is 27.9 Å². The zero-order chi connectivity index (χ0) is 17.5. The van der Waals surface area contributed by atoms with E-state index in [1.807, 2.05) is 12.1 Å². The van der Waals surface area contributed by atoms with Crippen molar-refractivity contribution in [2.24, 2.45) is 0 Å². The van der Waals surface area contributed by atoms with Gasteiger partial charge in [0.05, 0.1) is 12.6 Å². The largest absolute Gasteiger partial charge is 0.390 e. The molecule has 24 heavy (non-hydrogen) atoms. The highest BCUT2D eigenvalue weighted by atomic mass is 79.9. The Balaban J connectivity index is 2.02. The van der Waals surface area contributed by atoms with E-state index < -0.39 is 6.10 Å². The number of hydrogen-bond acceptors (Lipinski definition) is 2. The second kappa shape index (κ2) is 6.79. The van der Waals surface area contributed by atoms with Crippen LogP contribution in [0.4, 0.5) is 0 Å². The Bertz CT molecular complexity index is 821. The highest BCUT2D eigenvalue weighted by Crippen LogP contribution is 2.33. The minimum atomic E-state index is -0.449. The molecule has 1 heterocycles. The molecule has 2 N–H and O–H groups in total.